The Balaban J connectivity index is 0.858. The van der Waals surface area contributed by atoms with E-state index in [1.54, 1.807) is 85.1 Å². The first-order chi connectivity index (χ1) is 40.5. The van der Waals surface area contributed by atoms with Crippen LogP contribution in [0.1, 0.15) is 124 Å². The molecule has 0 saturated heterocycles. The first-order valence-electron chi connectivity index (χ1n) is 28.3. The molecule has 0 aliphatic heterocycles. The van der Waals surface area contributed by atoms with Crippen molar-refractivity contribution < 1.29 is 66.7 Å². The maximum Gasteiger partial charge on any atom is 0.330 e. The van der Waals surface area contributed by atoms with E-state index in [1.807, 2.05) is 6.07 Å². The predicted molar refractivity (Wildman–Crippen MR) is 312 cm³/mol. The Labute approximate surface area is 487 Å². The van der Waals surface area contributed by atoms with Crippen LogP contribution in [-0.2, 0) is 49.4 Å². The molecule has 18 nitrogen and oxygen atoms in total. The second-order valence-electron chi connectivity index (χ2n) is 20.2. The lowest BCUT2D eigenvalue weighted by Crippen LogP contribution is -2.30. The summed E-state index contributed by atoms with van der Waals surface area (Å²) in [5.74, 6) is -1.39. The van der Waals surface area contributed by atoms with Gasteiger partial charge in [-0.1, -0.05) is 31.4 Å². The third-order valence-corrected chi connectivity index (χ3v) is 15.3. The Bertz CT molecular complexity index is 3080. The second kappa shape index (κ2) is 33.4. The number of unbranched alkanes of at least 4 members (excludes halogenated alkanes) is 6. The number of esters is 6. The van der Waals surface area contributed by atoms with E-state index < -0.39 is 23.8 Å². The highest BCUT2D eigenvalue weighted by Gasteiger charge is 2.34. The molecule has 0 radical (unpaired) electrons. The molecule has 0 atom stereocenters. The van der Waals surface area contributed by atoms with Crippen molar-refractivity contribution in [3.05, 3.63) is 132 Å². The number of rotatable bonds is 31. The van der Waals surface area contributed by atoms with Crippen LogP contribution in [-0.4, -0.2) is 86.3 Å². The minimum absolute atomic E-state index is 0.0899. The zero-order valence-electron chi connectivity index (χ0n) is 46.6. The van der Waals surface area contributed by atoms with E-state index in [4.69, 9.17) is 48.1 Å². The third-order valence-electron chi connectivity index (χ3n) is 14.2. The third kappa shape index (κ3) is 20.5. The SMILES string of the molecule is C=CC(=O)OCCCCCCOc1ccc(OC(=O)C2CCC(C(=O)OCCc3ccc(OC(=O)C4CCC(C(=O)Oc5ccc(OCCCCCCOC(=O)C=C)cc5)CC4)c4nc(/C=N\N=C\c5ccc(C#N)cc5)sc34)CC2)cc1. The summed E-state index contributed by atoms with van der Waals surface area (Å²) in [4.78, 5) is 80.5. The molecule has 2 aliphatic rings. The number of nitrogens with zero attached hydrogens (tertiary/aromatic N) is 4. The number of aromatic nitrogens is 1. The van der Waals surface area contributed by atoms with Gasteiger partial charge in [0, 0.05) is 18.6 Å². The molecule has 19 heteroatoms. The highest BCUT2D eigenvalue weighted by atomic mass is 32.1. The van der Waals surface area contributed by atoms with E-state index in [9.17, 15) is 28.8 Å². The molecule has 1 aromatic heterocycles. The Morgan fingerprint density at radius 2 is 0.964 bits per heavy atom. The fourth-order valence-electron chi connectivity index (χ4n) is 9.48. The van der Waals surface area contributed by atoms with Crippen LogP contribution >= 0.6 is 11.3 Å². The van der Waals surface area contributed by atoms with Gasteiger partial charge in [-0.3, -0.25) is 19.2 Å². The number of ether oxygens (including phenoxy) is 8. The molecule has 0 bridgehead atoms. The van der Waals surface area contributed by atoms with Crippen molar-refractivity contribution in [3.8, 4) is 34.8 Å². The van der Waals surface area contributed by atoms with Gasteiger partial charge >= 0.3 is 35.8 Å². The van der Waals surface area contributed by atoms with Crippen molar-refractivity contribution in [1.29, 1.82) is 5.26 Å². The number of carbonyl (C=O) groups excluding carboxylic acids is 6. The van der Waals surface area contributed by atoms with Gasteiger partial charge in [0.15, 0.2) is 5.75 Å². The largest absolute Gasteiger partial charge is 0.494 e. The van der Waals surface area contributed by atoms with E-state index in [2.05, 4.69) is 29.4 Å². The van der Waals surface area contributed by atoms with Crippen LogP contribution in [0.15, 0.2) is 120 Å². The van der Waals surface area contributed by atoms with Gasteiger partial charge < -0.3 is 37.9 Å². The van der Waals surface area contributed by atoms with E-state index in [0.29, 0.717) is 123 Å². The van der Waals surface area contributed by atoms with Gasteiger partial charge in [-0.25, -0.2) is 14.6 Å². The van der Waals surface area contributed by atoms with Gasteiger partial charge in [0.1, 0.15) is 33.5 Å². The molecule has 0 N–H and O–H groups in total. The Morgan fingerprint density at radius 1 is 0.518 bits per heavy atom. The van der Waals surface area contributed by atoms with E-state index in [0.717, 1.165) is 79.3 Å². The van der Waals surface area contributed by atoms with Crippen LogP contribution in [0.3, 0.4) is 0 Å². The summed E-state index contributed by atoms with van der Waals surface area (Å²) in [7, 11) is 0. The summed E-state index contributed by atoms with van der Waals surface area (Å²) >= 11 is 1.33. The van der Waals surface area contributed by atoms with Crippen LogP contribution in [0.2, 0.25) is 0 Å². The smallest absolute Gasteiger partial charge is 0.330 e. The van der Waals surface area contributed by atoms with Crippen LogP contribution in [0.4, 0.5) is 0 Å². The average molecular weight is 1150 g/mol. The molecule has 2 fully saturated rings. The molecule has 436 valence electrons. The predicted octanol–water partition coefficient (Wildman–Crippen LogP) is 11.8. The lowest BCUT2D eigenvalue weighted by atomic mass is 9.82. The normalized spacial score (nSPS) is 16.8. The van der Waals surface area contributed by atoms with Gasteiger partial charge in [0.25, 0.3) is 0 Å². The van der Waals surface area contributed by atoms with Gasteiger partial charge in [0.2, 0.25) is 0 Å². The number of carbonyl (C=O) groups is 6. The maximum atomic E-state index is 13.7. The van der Waals surface area contributed by atoms with Crippen LogP contribution < -0.4 is 23.7 Å². The molecule has 2 saturated carbocycles. The topological polar surface area (TPSA) is 238 Å². The minimum atomic E-state index is -0.447. The molecule has 1 heterocycles. The zero-order valence-corrected chi connectivity index (χ0v) is 47.4. The lowest BCUT2D eigenvalue weighted by Gasteiger charge is -2.26. The Kier molecular flexibility index (Phi) is 25.0. The number of fused-ring (bicyclic) bond motifs is 1. The number of thiazole rings is 1. The zero-order chi connectivity index (χ0) is 58.6. The minimum Gasteiger partial charge on any atom is -0.494 e. The molecule has 5 aromatic rings. The number of hydrogen-bond donors (Lipinski definition) is 0. The molecule has 0 unspecified atom stereocenters. The van der Waals surface area contributed by atoms with E-state index in [-0.39, 0.29) is 48.0 Å². The van der Waals surface area contributed by atoms with Gasteiger partial charge in [-0.2, -0.15) is 15.5 Å². The first-order valence-corrected chi connectivity index (χ1v) is 29.1. The van der Waals surface area contributed by atoms with E-state index in [1.165, 1.54) is 17.6 Å². The molecular weight excluding hydrogens is 1080 g/mol. The van der Waals surface area contributed by atoms with Gasteiger partial charge in [-0.05, 0) is 181 Å². The summed E-state index contributed by atoms with van der Waals surface area (Å²) in [6.45, 7) is 8.66. The fraction of sp³-hybridized carbons (Fsp3) is 0.406. The number of nitriles is 1. The van der Waals surface area contributed by atoms with Crippen molar-refractivity contribution in [2.45, 2.75) is 109 Å². The monoisotopic (exact) mass is 1150 g/mol. The lowest BCUT2D eigenvalue weighted by molar-refractivity contribution is -0.152. The van der Waals surface area contributed by atoms with Crippen LogP contribution in [0.25, 0.3) is 10.2 Å². The summed E-state index contributed by atoms with van der Waals surface area (Å²) in [5.41, 5.74) is 2.55. The average Bonchev–Trinajstić information content (AvgIpc) is 4.05. The van der Waals surface area contributed by atoms with Gasteiger partial charge in [-0.15, -0.1) is 11.3 Å². The van der Waals surface area contributed by atoms with Crippen molar-refractivity contribution >= 4 is 69.8 Å². The van der Waals surface area contributed by atoms with Crippen LogP contribution in [0, 0.1) is 35.0 Å². The molecule has 83 heavy (non-hydrogen) atoms. The van der Waals surface area contributed by atoms with Gasteiger partial charge in [0.05, 0.1) is 85.5 Å². The quantitative estimate of drug-likeness (QED) is 0.00762. The second-order valence-corrected chi connectivity index (χ2v) is 21.2. The molecule has 4 aromatic carbocycles. The number of benzene rings is 4. The van der Waals surface area contributed by atoms with Crippen molar-refractivity contribution in [3.63, 3.8) is 0 Å². The Morgan fingerprint density at radius 3 is 1.45 bits per heavy atom. The molecular formula is C64H70N4O14S. The molecule has 0 amide bonds. The van der Waals surface area contributed by atoms with E-state index >= 15 is 0 Å². The summed E-state index contributed by atoms with van der Waals surface area (Å²) in [6.07, 6.45) is 16.4. The van der Waals surface area contributed by atoms with Crippen molar-refractivity contribution in [2.24, 2.45) is 33.9 Å². The summed E-state index contributed by atoms with van der Waals surface area (Å²) in [6, 6.07) is 26.3. The first kappa shape index (κ1) is 62.1. The van der Waals surface area contributed by atoms with Crippen LogP contribution in [0.5, 0.6) is 28.7 Å². The standard InChI is InChI=1S/C64H70N4O14S/c1-3-57(69)77-38-11-7-5-9-36-75-51-26-30-53(31-27-51)80-62(72)48-19-17-47(18-20-48)61(71)79-40-35-46-25-34-55(59-60(46)83-56(68-59)43-67-66-42-45-15-13-44(41-65)14-16-45)82-64(74)50-23-21-49(22-24-50)63(73)81-54-32-28-52(29-33-54)76-37-10-6-8-12-39-78-58(70)4-2/h3-4,13-16,25-34,42-43,47-50H,1-2,5-12,17-24,35-40H2/b66-42+,67-43-. The molecule has 0 spiro atoms. The molecule has 7 rings (SSSR count). The Hall–Kier alpha value is -8.50. The van der Waals surface area contributed by atoms with Crippen molar-refractivity contribution in [1.82, 2.24) is 4.98 Å². The number of hydrogen-bond acceptors (Lipinski definition) is 19. The maximum absolute atomic E-state index is 13.7. The summed E-state index contributed by atoms with van der Waals surface area (Å²) < 4.78 is 45.6. The molecule has 2 aliphatic carbocycles. The highest BCUT2D eigenvalue weighted by molar-refractivity contribution is 7.20. The fourth-order valence-corrected chi connectivity index (χ4v) is 10.5. The highest BCUT2D eigenvalue weighted by Crippen LogP contribution is 2.37. The van der Waals surface area contributed by atoms with Crippen molar-refractivity contribution in [2.75, 3.05) is 33.0 Å². The summed E-state index contributed by atoms with van der Waals surface area (Å²) in [5, 5.41) is 18.0.